The van der Waals surface area contributed by atoms with E-state index in [1.807, 2.05) is 0 Å². The van der Waals surface area contributed by atoms with Gasteiger partial charge in [-0.05, 0) is 0 Å². The lowest BCUT2D eigenvalue weighted by Crippen LogP contribution is -2.66. The van der Waals surface area contributed by atoms with Gasteiger partial charge in [0.25, 0.3) is 0 Å². The average Bonchev–Trinajstić information content (AvgIpc) is 3.40. The molecule has 31 nitrogen and oxygen atoms in total. The number of carbonyl (C=O) groups is 10. The number of esters is 5. The lowest BCUT2D eigenvalue weighted by Gasteiger charge is -2.44. The monoisotopic (exact) mass is 1180 g/mol. The molecule has 0 aromatic heterocycles. The molecule has 0 aromatic carbocycles. The van der Waals surface area contributed by atoms with Crippen LogP contribution in [0.2, 0.25) is 0 Å². The molecule has 2 aliphatic rings. The molecule has 10 atom stereocenters. The molecule has 31 heteroatoms. The van der Waals surface area contributed by atoms with Gasteiger partial charge in [0.1, 0.15) is 43.8 Å². The molecule has 2 rings (SSSR count). The zero-order valence-corrected chi connectivity index (χ0v) is 47.9. The maximum absolute atomic E-state index is 12.5. The van der Waals surface area contributed by atoms with Crippen LogP contribution in [0.4, 0.5) is 0 Å². The molecular formula is C51H85N5O26. The van der Waals surface area contributed by atoms with Crippen molar-refractivity contribution in [2.45, 2.75) is 135 Å². The number of rotatable bonds is 44. The number of nitrogens with one attached hydrogen (secondary N) is 4. The number of ether oxygens (including phenoxy) is 16. The fraction of sp³-hybridized carbons (Fsp3) is 0.804. The molecule has 10 unspecified atom stereocenters. The highest BCUT2D eigenvalue weighted by molar-refractivity contribution is 5.76. The molecule has 82 heavy (non-hydrogen) atoms. The van der Waals surface area contributed by atoms with Gasteiger partial charge in [0.05, 0.1) is 117 Å². The fourth-order valence-electron chi connectivity index (χ4n) is 7.74. The molecule has 0 aromatic rings. The number of aldehydes is 1. The summed E-state index contributed by atoms with van der Waals surface area (Å²) in [5.41, 5.74) is 5.35. The predicted molar refractivity (Wildman–Crippen MR) is 278 cm³/mol. The van der Waals surface area contributed by atoms with Gasteiger partial charge in [0.2, 0.25) is 23.6 Å². The van der Waals surface area contributed by atoms with Gasteiger partial charge in [-0.2, -0.15) is 0 Å². The van der Waals surface area contributed by atoms with Crippen LogP contribution < -0.4 is 27.0 Å². The first kappa shape index (κ1) is 72.5. The summed E-state index contributed by atoms with van der Waals surface area (Å²) in [7, 11) is 0. The molecule has 0 saturated carbocycles. The minimum absolute atomic E-state index is 0.00475. The Morgan fingerprint density at radius 3 is 1.41 bits per heavy atom. The van der Waals surface area contributed by atoms with Crippen LogP contribution in [0.1, 0.15) is 74.1 Å². The van der Waals surface area contributed by atoms with Crippen molar-refractivity contribution in [3.05, 3.63) is 0 Å². The Morgan fingerprint density at radius 2 is 0.939 bits per heavy atom. The minimum atomic E-state index is -1.26. The van der Waals surface area contributed by atoms with Gasteiger partial charge in [0.15, 0.2) is 24.8 Å². The van der Waals surface area contributed by atoms with E-state index < -0.39 is 96.5 Å². The molecule has 0 bridgehead atoms. The summed E-state index contributed by atoms with van der Waals surface area (Å²) in [5, 5.41) is 10.8. The summed E-state index contributed by atoms with van der Waals surface area (Å²) in [5.74, 6) is -4.70. The maximum atomic E-state index is 12.5. The van der Waals surface area contributed by atoms with E-state index in [2.05, 4.69) is 21.3 Å². The summed E-state index contributed by atoms with van der Waals surface area (Å²) < 4.78 is 89.0. The van der Waals surface area contributed by atoms with E-state index in [-0.39, 0.29) is 175 Å². The van der Waals surface area contributed by atoms with Gasteiger partial charge < -0.3 is 108 Å². The van der Waals surface area contributed by atoms with E-state index in [9.17, 15) is 47.9 Å². The van der Waals surface area contributed by atoms with Crippen LogP contribution in [0.3, 0.4) is 0 Å². The Hall–Kier alpha value is -5.58. The molecule has 2 fully saturated rings. The second-order valence-corrected chi connectivity index (χ2v) is 18.6. The Bertz CT molecular complexity index is 1950. The van der Waals surface area contributed by atoms with E-state index in [4.69, 9.17) is 81.5 Å². The van der Waals surface area contributed by atoms with E-state index in [1.165, 1.54) is 34.6 Å². The Balaban J connectivity index is 1.62. The molecular weight excluding hydrogens is 1100 g/mol. The first-order valence-electron chi connectivity index (χ1n) is 26.8. The molecule has 470 valence electrons. The minimum Gasteiger partial charge on any atom is -0.463 e. The molecule has 0 spiro atoms. The van der Waals surface area contributed by atoms with Crippen LogP contribution in [0.15, 0.2) is 0 Å². The van der Waals surface area contributed by atoms with Crippen LogP contribution in [0.5, 0.6) is 0 Å². The highest BCUT2D eigenvalue weighted by Gasteiger charge is 2.51. The van der Waals surface area contributed by atoms with Crippen molar-refractivity contribution in [2.75, 3.05) is 132 Å². The lowest BCUT2D eigenvalue weighted by molar-refractivity contribution is -0.279. The SMILES string of the molecule is CC(=O)NC1C(OC(C)=O)CC(COC(C)=O)OC1OCCOCCOCCNC(=O)CCOCC(N)(COCCC=O)COCCC(=O)NCCOCCOCCOC1OC(COC(C)=O)C(OC(C)=O)C(OC(C)=O)C1NC(C)=O. The van der Waals surface area contributed by atoms with Crippen molar-refractivity contribution in [3.8, 4) is 0 Å². The van der Waals surface area contributed by atoms with Gasteiger partial charge in [-0.25, -0.2) is 0 Å². The number of carbonyl (C=O) groups excluding carboxylic acids is 10. The summed E-state index contributed by atoms with van der Waals surface area (Å²) in [6.45, 7) is 9.68. The van der Waals surface area contributed by atoms with Gasteiger partial charge in [0, 0.05) is 87.2 Å². The van der Waals surface area contributed by atoms with Crippen molar-refractivity contribution >= 4 is 59.8 Å². The van der Waals surface area contributed by atoms with Crippen LogP contribution in [0, 0.1) is 0 Å². The van der Waals surface area contributed by atoms with E-state index in [1.54, 1.807) is 0 Å². The van der Waals surface area contributed by atoms with Crippen LogP contribution >= 0.6 is 0 Å². The fourth-order valence-corrected chi connectivity index (χ4v) is 7.74. The molecule has 2 heterocycles. The summed E-state index contributed by atoms with van der Waals surface area (Å²) >= 11 is 0. The lowest BCUT2D eigenvalue weighted by atomic mass is 9.96. The molecule has 0 aliphatic carbocycles. The average molecular weight is 1180 g/mol. The summed E-state index contributed by atoms with van der Waals surface area (Å²) in [6.07, 6.45) is -6.29. The molecule has 2 saturated heterocycles. The normalized spacial score (nSPS) is 22.1. The third kappa shape index (κ3) is 33.5. The number of amides is 4. The second kappa shape index (κ2) is 42.3. The Morgan fingerprint density at radius 1 is 0.500 bits per heavy atom. The molecule has 0 radical (unpaired) electrons. The van der Waals surface area contributed by atoms with E-state index in [0.29, 0.717) is 6.29 Å². The quantitative estimate of drug-likeness (QED) is 0.0178. The zero-order chi connectivity index (χ0) is 60.7. The van der Waals surface area contributed by atoms with Crippen LogP contribution in [0.25, 0.3) is 0 Å². The molecule has 6 N–H and O–H groups in total. The number of hydrogen-bond acceptors (Lipinski definition) is 27. The van der Waals surface area contributed by atoms with Crippen LogP contribution in [-0.4, -0.2) is 252 Å². The van der Waals surface area contributed by atoms with E-state index in [0.717, 1.165) is 13.8 Å². The number of nitrogens with two attached hydrogens (primary N) is 1. The van der Waals surface area contributed by atoms with Gasteiger partial charge >= 0.3 is 29.8 Å². The molecule has 2 aliphatic heterocycles. The van der Waals surface area contributed by atoms with E-state index >= 15 is 0 Å². The van der Waals surface area contributed by atoms with Gasteiger partial charge in [-0.15, -0.1) is 0 Å². The third-order valence-corrected chi connectivity index (χ3v) is 11.1. The van der Waals surface area contributed by atoms with Crippen LogP contribution in [-0.2, 0) is 124 Å². The summed E-state index contributed by atoms with van der Waals surface area (Å²) in [4.78, 5) is 118. The van der Waals surface area contributed by atoms with Crippen molar-refractivity contribution in [3.63, 3.8) is 0 Å². The maximum Gasteiger partial charge on any atom is 0.303 e. The number of hydrogen-bond donors (Lipinski definition) is 5. The predicted octanol–water partition coefficient (Wildman–Crippen LogP) is -2.79. The highest BCUT2D eigenvalue weighted by atomic mass is 16.7. The Kier molecular flexibility index (Phi) is 37.4. The largest absolute Gasteiger partial charge is 0.463 e. The van der Waals surface area contributed by atoms with Gasteiger partial charge in [-0.3, -0.25) is 43.2 Å². The highest BCUT2D eigenvalue weighted by Crippen LogP contribution is 2.28. The van der Waals surface area contributed by atoms with Crippen molar-refractivity contribution in [1.29, 1.82) is 0 Å². The first-order valence-corrected chi connectivity index (χ1v) is 26.8. The van der Waals surface area contributed by atoms with Crippen molar-refractivity contribution in [1.82, 2.24) is 21.3 Å². The van der Waals surface area contributed by atoms with Crippen molar-refractivity contribution < 1.29 is 124 Å². The topological polar surface area (TPSA) is 393 Å². The summed E-state index contributed by atoms with van der Waals surface area (Å²) in [6, 6.07) is -1.94. The smallest absolute Gasteiger partial charge is 0.303 e. The standard InChI is InChI=1S/C51H85N5O26/c1-33(58)55-45-41(78-37(5)62)27-40(28-76-35(3)60)81-49(45)74-25-23-69-21-19-67-17-11-53-43(65)9-15-72-31-51(52,30-71-14-8-13-57)32-73-16-10-44(66)54-12-18-68-20-22-70-24-26-75-50-46(56-34(2)59)48(80-39(7)64)47(79-38(6)63)42(82-50)29-77-36(4)61/h13,40-42,45-50H,8-12,14-32,52H2,1-7H3,(H,53,65)(H,54,66)(H,55,58)(H,56,59). The molecule has 4 amide bonds. The zero-order valence-electron chi connectivity index (χ0n) is 47.9. The third-order valence-electron chi connectivity index (χ3n) is 11.1. The van der Waals surface area contributed by atoms with Gasteiger partial charge in [-0.1, -0.05) is 0 Å². The Labute approximate surface area is 476 Å². The second-order valence-electron chi connectivity index (χ2n) is 18.6. The van der Waals surface area contributed by atoms with Crippen molar-refractivity contribution in [2.24, 2.45) is 5.73 Å². The first-order chi connectivity index (χ1) is 39.1.